The van der Waals surface area contributed by atoms with E-state index < -0.39 is 11.7 Å². The lowest BCUT2D eigenvalue weighted by molar-refractivity contribution is -0.137. The normalized spacial score (nSPS) is 15.2. The lowest BCUT2D eigenvalue weighted by Crippen LogP contribution is -2.38. The summed E-state index contributed by atoms with van der Waals surface area (Å²) in [5.74, 6) is 0.562. The zero-order chi connectivity index (χ0) is 22.0. The van der Waals surface area contributed by atoms with Crippen molar-refractivity contribution in [3.05, 3.63) is 53.8 Å². The summed E-state index contributed by atoms with van der Waals surface area (Å²) in [5, 5.41) is 6.64. The molecule has 0 unspecified atom stereocenters. The van der Waals surface area contributed by atoms with Gasteiger partial charge in [0, 0.05) is 25.1 Å². The highest BCUT2D eigenvalue weighted by molar-refractivity contribution is 6.33. The zero-order valence-corrected chi connectivity index (χ0v) is 16.8. The van der Waals surface area contributed by atoms with E-state index in [1.54, 1.807) is 6.07 Å². The second-order valence-electron chi connectivity index (χ2n) is 7.02. The number of amides is 1. The van der Waals surface area contributed by atoms with Crippen LogP contribution in [0.25, 0.3) is 5.82 Å². The van der Waals surface area contributed by atoms with Gasteiger partial charge in [-0.25, -0.2) is 19.6 Å². The number of hydrogen-bond acceptors (Lipinski definition) is 6. The Balaban J connectivity index is 1.39. The maximum Gasteiger partial charge on any atom is 0.416 e. The van der Waals surface area contributed by atoms with E-state index in [4.69, 9.17) is 11.6 Å². The average Bonchev–Trinajstić information content (AvgIpc) is 3.30. The van der Waals surface area contributed by atoms with Crippen LogP contribution in [-0.2, 0) is 11.0 Å². The van der Waals surface area contributed by atoms with E-state index >= 15 is 0 Å². The molecule has 1 aliphatic heterocycles. The van der Waals surface area contributed by atoms with Gasteiger partial charge < -0.3 is 10.2 Å². The van der Waals surface area contributed by atoms with Crippen molar-refractivity contribution in [1.29, 1.82) is 0 Å². The van der Waals surface area contributed by atoms with Crippen LogP contribution in [0, 0.1) is 5.92 Å². The van der Waals surface area contributed by atoms with Crippen LogP contribution in [0.1, 0.15) is 18.4 Å². The molecule has 1 aliphatic rings. The third-order valence-corrected chi connectivity index (χ3v) is 5.36. The molecular formula is C19H17ClF3N7O. The van der Waals surface area contributed by atoms with Crippen molar-refractivity contribution in [2.75, 3.05) is 23.3 Å². The summed E-state index contributed by atoms with van der Waals surface area (Å²) in [6.07, 6.45) is 0.888. The third kappa shape index (κ3) is 4.76. The third-order valence-electron chi connectivity index (χ3n) is 5.03. The fourth-order valence-electron chi connectivity index (χ4n) is 3.36. The molecule has 0 bridgehead atoms. The van der Waals surface area contributed by atoms with Gasteiger partial charge in [0.05, 0.1) is 16.3 Å². The second kappa shape index (κ2) is 8.50. The summed E-state index contributed by atoms with van der Waals surface area (Å²) in [4.78, 5) is 27.0. The Morgan fingerprint density at radius 1 is 1.10 bits per heavy atom. The molecule has 0 spiro atoms. The predicted molar refractivity (Wildman–Crippen MR) is 107 cm³/mol. The first-order chi connectivity index (χ1) is 14.8. The smallest absolute Gasteiger partial charge is 0.356 e. The number of piperidine rings is 1. The van der Waals surface area contributed by atoms with Crippen LogP contribution in [0.2, 0.25) is 5.02 Å². The standard InChI is InChI=1S/C19H17ClF3N7O/c20-14-2-1-13(19(21,22)23)7-15(14)28-18(31)12-3-5-29(6-4-12)16-8-17(26-10-25-16)30-11-24-9-27-30/h1-2,7-12H,3-6H2,(H,28,31). The van der Waals surface area contributed by atoms with E-state index in [1.165, 1.54) is 23.7 Å². The van der Waals surface area contributed by atoms with Gasteiger partial charge in [-0.05, 0) is 31.0 Å². The molecule has 0 atom stereocenters. The van der Waals surface area contributed by atoms with Crippen molar-refractivity contribution in [2.45, 2.75) is 19.0 Å². The Bertz CT molecular complexity index is 1070. The van der Waals surface area contributed by atoms with Crippen molar-refractivity contribution in [3.63, 3.8) is 0 Å². The summed E-state index contributed by atoms with van der Waals surface area (Å²) in [6, 6.07) is 4.63. The van der Waals surface area contributed by atoms with Crippen LogP contribution in [-0.4, -0.2) is 43.7 Å². The molecule has 1 saturated heterocycles. The molecule has 2 aromatic heterocycles. The van der Waals surface area contributed by atoms with Crippen molar-refractivity contribution in [1.82, 2.24) is 24.7 Å². The highest BCUT2D eigenvalue weighted by atomic mass is 35.5. The van der Waals surface area contributed by atoms with Gasteiger partial charge in [-0.3, -0.25) is 4.79 Å². The SMILES string of the molecule is O=C(Nc1cc(C(F)(F)F)ccc1Cl)C1CCN(c2cc(-n3cncn3)ncn2)CC1. The maximum atomic E-state index is 12.9. The van der Waals surface area contributed by atoms with Crippen LogP contribution in [0.5, 0.6) is 0 Å². The fourth-order valence-corrected chi connectivity index (χ4v) is 3.53. The van der Waals surface area contributed by atoms with Crippen LogP contribution < -0.4 is 10.2 Å². The van der Waals surface area contributed by atoms with Gasteiger partial charge in [0.15, 0.2) is 5.82 Å². The number of carbonyl (C=O) groups is 1. The molecule has 1 amide bonds. The maximum absolute atomic E-state index is 12.9. The molecule has 1 aromatic carbocycles. The monoisotopic (exact) mass is 451 g/mol. The summed E-state index contributed by atoms with van der Waals surface area (Å²) in [5.41, 5.74) is -0.911. The van der Waals surface area contributed by atoms with Gasteiger partial charge in [-0.15, -0.1) is 0 Å². The number of hydrogen-bond donors (Lipinski definition) is 1. The van der Waals surface area contributed by atoms with Crippen LogP contribution >= 0.6 is 11.6 Å². The number of aromatic nitrogens is 5. The number of halogens is 4. The molecule has 1 N–H and O–H groups in total. The average molecular weight is 452 g/mol. The number of alkyl halides is 3. The predicted octanol–water partition coefficient (Wildman–Crippen LogP) is 3.58. The Labute approximate surface area is 180 Å². The van der Waals surface area contributed by atoms with Crippen molar-refractivity contribution < 1.29 is 18.0 Å². The molecule has 1 fully saturated rings. The first-order valence-electron chi connectivity index (χ1n) is 9.41. The molecule has 4 rings (SSSR count). The van der Waals surface area contributed by atoms with Crippen molar-refractivity contribution in [2.24, 2.45) is 5.92 Å². The van der Waals surface area contributed by atoms with Gasteiger partial charge in [0.25, 0.3) is 0 Å². The summed E-state index contributed by atoms with van der Waals surface area (Å²) >= 11 is 5.97. The Kier molecular flexibility index (Phi) is 5.77. The topological polar surface area (TPSA) is 88.8 Å². The minimum atomic E-state index is -4.52. The number of nitrogens with one attached hydrogen (secondary N) is 1. The van der Waals surface area contributed by atoms with E-state index in [0.29, 0.717) is 37.6 Å². The minimum absolute atomic E-state index is 0.0443. The number of nitrogens with zero attached hydrogens (tertiary/aromatic N) is 6. The number of rotatable bonds is 4. The molecule has 8 nitrogen and oxygen atoms in total. The lowest BCUT2D eigenvalue weighted by atomic mass is 9.95. The number of anilines is 2. The van der Waals surface area contributed by atoms with Gasteiger partial charge in [-0.1, -0.05) is 11.6 Å². The highest BCUT2D eigenvalue weighted by Gasteiger charge is 2.32. The highest BCUT2D eigenvalue weighted by Crippen LogP contribution is 2.34. The van der Waals surface area contributed by atoms with Gasteiger partial charge in [-0.2, -0.15) is 18.3 Å². The lowest BCUT2D eigenvalue weighted by Gasteiger charge is -2.32. The Morgan fingerprint density at radius 2 is 1.84 bits per heavy atom. The molecule has 12 heteroatoms. The molecule has 162 valence electrons. The van der Waals surface area contributed by atoms with E-state index in [2.05, 4.69) is 25.4 Å². The molecule has 3 aromatic rings. The van der Waals surface area contributed by atoms with Crippen molar-refractivity contribution >= 4 is 29.0 Å². The first kappa shape index (κ1) is 21.0. The van der Waals surface area contributed by atoms with Gasteiger partial charge >= 0.3 is 6.18 Å². The van der Waals surface area contributed by atoms with E-state index in [1.807, 2.05) is 4.90 Å². The first-order valence-corrected chi connectivity index (χ1v) is 9.78. The van der Waals surface area contributed by atoms with E-state index in [9.17, 15) is 18.0 Å². The summed E-state index contributed by atoms with van der Waals surface area (Å²) in [6.45, 7) is 1.12. The fraction of sp³-hybridized carbons (Fsp3) is 0.316. The molecular weight excluding hydrogens is 435 g/mol. The van der Waals surface area contributed by atoms with E-state index in [-0.39, 0.29) is 22.5 Å². The molecule has 31 heavy (non-hydrogen) atoms. The van der Waals surface area contributed by atoms with Gasteiger partial charge in [0.1, 0.15) is 24.8 Å². The van der Waals surface area contributed by atoms with Crippen molar-refractivity contribution in [3.8, 4) is 5.82 Å². The molecule has 3 heterocycles. The largest absolute Gasteiger partial charge is 0.416 e. The molecule has 0 aliphatic carbocycles. The minimum Gasteiger partial charge on any atom is -0.356 e. The Morgan fingerprint density at radius 3 is 2.52 bits per heavy atom. The van der Waals surface area contributed by atoms with Gasteiger partial charge in [0.2, 0.25) is 5.91 Å². The number of carbonyl (C=O) groups excluding carboxylic acids is 1. The molecule has 0 radical (unpaired) electrons. The second-order valence-corrected chi connectivity index (χ2v) is 7.42. The quantitative estimate of drug-likeness (QED) is 0.652. The summed E-state index contributed by atoms with van der Waals surface area (Å²) < 4.78 is 40.3. The zero-order valence-electron chi connectivity index (χ0n) is 16.1. The van der Waals surface area contributed by atoms with Crippen LogP contribution in [0.4, 0.5) is 24.7 Å². The van der Waals surface area contributed by atoms with Crippen LogP contribution in [0.15, 0.2) is 43.2 Å². The van der Waals surface area contributed by atoms with Crippen LogP contribution in [0.3, 0.4) is 0 Å². The molecule has 0 saturated carbocycles. The summed E-state index contributed by atoms with van der Waals surface area (Å²) in [7, 11) is 0. The Hall–Kier alpha value is -3.21. The van der Waals surface area contributed by atoms with E-state index in [0.717, 1.165) is 18.2 Å². The number of benzene rings is 1.